The Labute approximate surface area is 63.0 Å². The van der Waals surface area contributed by atoms with E-state index in [1.165, 1.54) is 38.5 Å². The predicted molar refractivity (Wildman–Crippen MR) is 42.5 cm³/mol. The van der Waals surface area contributed by atoms with Crippen molar-refractivity contribution >= 4 is 0 Å². The Hall–Kier alpha value is -0.440. The first kappa shape index (κ1) is 6.28. The maximum absolute atomic E-state index is 3.22. The molecule has 0 radical (unpaired) electrons. The third kappa shape index (κ3) is 1.06. The van der Waals surface area contributed by atoms with Crippen molar-refractivity contribution < 1.29 is 0 Å². The lowest BCUT2D eigenvalue weighted by molar-refractivity contribution is 0.155. The number of hydrogen-bond acceptors (Lipinski definition) is 0. The second kappa shape index (κ2) is 2.66. The minimum atomic E-state index is 1.06. The molecule has 0 nitrogen and oxygen atoms in total. The lowest BCUT2D eigenvalue weighted by Gasteiger charge is -2.36. The molecular formula is C10H14. The van der Waals surface area contributed by atoms with E-state index in [0.29, 0.717) is 0 Å². The number of rotatable bonds is 0. The Morgan fingerprint density at radius 3 is 1.60 bits per heavy atom. The molecule has 2 atom stereocenters. The van der Waals surface area contributed by atoms with E-state index in [2.05, 4.69) is 11.8 Å². The first-order valence-corrected chi connectivity index (χ1v) is 4.42. The number of hydrogen-bond donors (Lipinski definition) is 0. The summed E-state index contributed by atoms with van der Waals surface area (Å²) in [6.45, 7) is 0. The minimum Gasteiger partial charge on any atom is -0.103 e. The Morgan fingerprint density at radius 1 is 0.700 bits per heavy atom. The van der Waals surface area contributed by atoms with Gasteiger partial charge >= 0.3 is 0 Å². The van der Waals surface area contributed by atoms with Gasteiger partial charge in [0.15, 0.2) is 0 Å². The van der Waals surface area contributed by atoms with Gasteiger partial charge in [0.1, 0.15) is 0 Å². The zero-order chi connectivity index (χ0) is 6.81. The van der Waals surface area contributed by atoms with Gasteiger partial charge in [0, 0.05) is 12.8 Å². The van der Waals surface area contributed by atoms with E-state index in [4.69, 9.17) is 0 Å². The summed E-state index contributed by atoms with van der Waals surface area (Å²) < 4.78 is 0. The lowest BCUT2D eigenvalue weighted by Crippen LogP contribution is -2.25. The van der Waals surface area contributed by atoms with Gasteiger partial charge in [0.25, 0.3) is 0 Å². The molecule has 1 fully saturated rings. The van der Waals surface area contributed by atoms with Gasteiger partial charge in [-0.1, -0.05) is 0 Å². The van der Waals surface area contributed by atoms with Crippen LogP contribution >= 0.6 is 0 Å². The number of fused-ring (bicyclic) bond motifs is 1. The normalized spacial score (nSPS) is 37.6. The monoisotopic (exact) mass is 134 g/mol. The fourth-order valence-corrected chi connectivity index (χ4v) is 2.09. The highest BCUT2D eigenvalue weighted by molar-refractivity contribution is 5.02. The molecule has 0 amide bonds. The van der Waals surface area contributed by atoms with Gasteiger partial charge in [-0.3, -0.25) is 0 Å². The molecule has 2 unspecified atom stereocenters. The summed E-state index contributed by atoms with van der Waals surface area (Å²) in [4.78, 5) is 0. The van der Waals surface area contributed by atoms with E-state index < -0.39 is 0 Å². The summed E-state index contributed by atoms with van der Waals surface area (Å²) in [6.07, 6.45) is 8.09. The molecular weight excluding hydrogens is 120 g/mol. The van der Waals surface area contributed by atoms with Crippen LogP contribution in [0.25, 0.3) is 0 Å². The second-order valence-electron chi connectivity index (χ2n) is 3.53. The smallest absolute Gasteiger partial charge is 0.00914 e. The third-order valence-electron chi connectivity index (χ3n) is 2.98. The van der Waals surface area contributed by atoms with Gasteiger partial charge in [-0.05, 0) is 37.5 Å². The quantitative estimate of drug-likeness (QED) is 0.447. The molecule has 0 aromatic carbocycles. The van der Waals surface area contributed by atoms with E-state index in [9.17, 15) is 0 Å². The average Bonchev–Trinajstić information content (AvgIpc) is 1.89. The molecule has 0 aliphatic heterocycles. The maximum Gasteiger partial charge on any atom is 0.00914 e. The van der Waals surface area contributed by atoms with Crippen LogP contribution in [0.3, 0.4) is 0 Å². The SMILES string of the molecule is C1#CCCC2CCC2CC1. The Morgan fingerprint density at radius 2 is 1.20 bits per heavy atom. The first-order valence-electron chi connectivity index (χ1n) is 4.42. The van der Waals surface area contributed by atoms with Crippen LogP contribution in [0.15, 0.2) is 0 Å². The average molecular weight is 134 g/mol. The summed E-state index contributed by atoms with van der Waals surface area (Å²) in [7, 11) is 0. The van der Waals surface area contributed by atoms with Crippen LogP contribution < -0.4 is 0 Å². The molecule has 0 aromatic heterocycles. The van der Waals surface area contributed by atoms with Crippen molar-refractivity contribution in [2.75, 3.05) is 0 Å². The topological polar surface area (TPSA) is 0 Å². The van der Waals surface area contributed by atoms with Gasteiger partial charge in [0.05, 0.1) is 0 Å². The summed E-state index contributed by atoms with van der Waals surface area (Å²) in [5.74, 6) is 8.57. The van der Waals surface area contributed by atoms with Crippen molar-refractivity contribution in [2.24, 2.45) is 11.8 Å². The fraction of sp³-hybridized carbons (Fsp3) is 0.800. The summed E-state index contributed by atoms with van der Waals surface area (Å²) >= 11 is 0. The molecule has 0 bridgehead atoms. The van der Waals surface area contributed by atoms with Crippen molar-refractivity contribution in [2.45, 2.75) is 38.5 Å². The third-order valence-corrected chi connectivity index (χ3v) is 2.98. The van der Waals surface area contributed by atoms with Gasteiger partial charge in [0.2, 0.25) is 0 Å². The van der Waals surface area contributed by atoms with Crippen LogP contribution in [-0.4, -0.2) is 0 Å². The summed E-state index contributed by atoms with van der Waals surface area (Å²) in [5.41, 5.74) is 0. The molecule has 2 aliphatic rings. The molecule has 10 heavy (non-hydrogen) atoms. The molecule has 0 saturated heterocycles. The van der Waals surface area contributed by atoms with Crippen molar-refractivity contribution in [3.05, 3.63) is 0 Å². The zero-order valence-electron chi connectivity index (χ0n) is 6.40. The first-order chi connectivity index (χ1) is 4.97. The van der Waals surface area contributed by atoms with E-state index in [-0.39, 0.29) is 0 Å². The highest BCUT2D eigenvalue weighted by Gasteiger charge is 2.29. The molecule has 54 valence electrons. The van der Waals surface area contributed by atoms with Crippen LogP contribution in [0.5, 0.6) is 0 Å². The van der Waals surface area contributed by atoms with Crippen LogP contribution in [-0.2, 0) is 0 Å². The standard InChI is InChI=1S/C10H14/c1-2-4-6-10-8-7-9(10)5-3-1/h9-10H,3-8H2. The largest absolute Gasteiger partial charge is 0.103 e. The molecule has 0 aromatic rings. The highest BCUT2D eigenvalue weighted by atomic mass is 14.3. The highest BCUT2D eigenvalue weighted by Crippen LogP contribution is 2.40. The Balaban J connectivity index is 1.96. The molecule has 2 rings (SSSR count). The van der Waals surface area contributed by atoms with Crippen LogP contribution in [0.4, 0.5) is 0 Å². The van der Waals surface area contributed by atoms with E-state index in [1.807, 2.05) is 0 Å². The van der Waals surface area contributed by atoms with E-state index >= 15 is 0 Å². The minimum absolute atomic E-state index is 1.06. The summed E-state index contributed by atoms with van der Waals surface area (Å²) in [5, 5.41) is 0. The van der Waals surface area contributed by atoms with Crippen LogP contribution in [0, 0.1) is 23.7 Å². The lowest BCUT2D eigenvalue weighted by atomic mass is 9.69. The molecule has 2 aliphatic carbocycles. The molecule has 0 heteroatoms. The van der Waals surface area contributed by atoms with Crippen LogP contribution in [0.2, 0.25) is 0 Å². The zero-order valence-corrected chi connectivity index (χ0v) is 6.40. The van der Waals surface area contributed by atoms with Crippen molar-refractivity contribution in [1.29, 1.82) is 0 Å². The van der Waals surface area contributed by atoms with Gasteiger partial charge in [-0.2, -0.15) is 0 Å². The van der Waals surface area contributed by atoms with Crippen molar-refractivity contribution in [1.82, 2.24) is 0 Å². The van der Waals surface area contributed by atoms with Gasteiger partial charge in [-0.25, -0.2) is 0 Å². The Bertz CT molecular complexity index is 152. The molecule has 1 saturated carbocycles. The Kier molecular flexibility index (Phi) is 1.67. The van der Waals surface area contributed by atoms with E-state index in [1.54, 1.807) is 0 Å². The molecule has 0 N–H and O–H groups in total. The van der Waals surface area contributed by atoms with E-state index in [0.717, 1.165) is 11.8 Å². The van der Waals surface area contributed by atoms with Gasteiger partial charge < -0.3 is 0 Å². The fourth-order valence-electron chi connectivity index (χ4n) is 2.09. The maximum atomic E-state index is 3.22. The van der Waals surface area contributed by atoms with Crippen LogP contribution in [0.1, 0.15) is 38.5 Å². The summed E-state index contributed by atoms with van der Waals surface area (Å²) in [6, 6.07) is 0. The molecule has 0 spiro atoms. The van der Waals surface area contributed by atoms with Crippen molar-refractivity contribution in [3.63, 3.8) is 0 Å². The van der Waals surface area contributed by atoms with Crippen molar-refractivity contribution in [3.8, 4) is 11.8 Å². The second-order valence-corrected chi connectivity index (χ2v) is 3.53. The van der Waals surface area contributed by atoms with Gasteiger partial charge in [-0.15, -0.1) is 11.8 Å². The molecule has 0 heterocycles. The predicted octanol–water partition coefficient (Wildman–Crippen LogP) is 2.59.